The third-order valence-electron chi connectivity index (χ3n) is 4.11. The number of rotatable bonds is 3. The normalized spacial score (nSPS) is 21.8. The Labute approximate surface area is 118 Å². The smallest absolute Gasteiger partial charge is 0.250 e. The summed E-state index contributed by atoms with van der Waals surface area (Å²) >= 11 is 0. The second-order valence-corrected chi connectivity index (χ2v) is 5.36. The molecule has 0 spiro atoms. The van der Waals surface area contributed by atoms with Crippen molar-refractivity contribution in [3.63, 3.8) is 0 Å². The molecule has 1 atom stereocenters. The topological polar surface area (TPSA) is 60.3 Å². The predicted octanol–water partition coefficient (Wildman–Crippen LogP) is 1.44. The number of allylic oxidation sites excluding steroid dienone is 1. The van der Waals surface area contributed by atoms with E-state index in [-0.39, 0.29) is 11.9 Å². The van der Waals surface area contributed by atoms with E-state index < -0.39 is 0 Å². The molecule has 1 aliphatic heterocycles. The van der Waals surface area contributed by atoms with E-state index in [9.17, 15) is 4.79 Å². The molecule has 0 radical (unpaired) electrons. The Balaban J connectivity index is 1.82. The Morgan fingerprint density at radius 1 is 1.45 bits per heavy atom. The number of fused-ring (bicyclic) bond motifs is 1. The Hall–Kier alpha value is -1.69. The van der Waals surface area contributed by atoms with Crippen molar-refractivity contribution < 1.29 is 9.53 Å². The number of hydrogen-bond acceptors (Lipinski definition) is 4. The number of carbonyl (C=O) groups is 1. The summed E-state index contributed by atoms with van der Waals surface area (Å²) in [7, 11) is 1.65. The molecule has 20 heavy (non-hydrogen) atoms. The van der Waals surface area contributed by atoms with Gasteiger partial charge in [0.1, 0.15) is 6.61 Å². The van der Waals surface area contributed by atoms with Crippen LogP contribution in [0.1, 0.15) is 43.9 Å². The van der Waals surface area contributed by atoms with Gasteiger partial charge in [-0.2, -0.15) is 0 Å². The molecule has 1 aromatic heterocycles. The Morgan fingerprint density at radius 2 is 2.30 bits per heavy atom. The molecule has 0 saturated heterocycles. The molecule has 0 N–H and O–H groups in total. The summed E-state index contributed by atoms with van der Waals surface area (Å²) in [6, 6.07) is -0.0316. The quantitative estimate of drug-likeness (QED) is 0.838. The van der Waals surface area contributed by atoms with Crippen molar-refractivity contribution >= 4 is 5.91 Å². The minimum atomic E-state index is -0.0316. The molecule has 0 saturated carbocycles. The largest absolute Gasteiger partial charge is 0.377 e. The maximum Gasteiger partial charge on any atom is 0.250 e. The van der Waals surface area contributed by atoms with Crippen molar-refractivity contribution in [3.8, 4) is 0 Å². The molecule has 1 aliphatic carbocycles. The lowest BCUT2D eigenvalue weighted by atomic mass is 10.1. The second kappa shape index (κ2) is 5.36. The SMILES string of the molecule is COCc1nnc2n1CCN(C(=O)C1=CCCC1)[C@@H]2C. The molecule has 108 valence electrons. The van der Waals surface area contributed by atoms with Gasteiger partial charge in [0.05, 0.1) is 6.04 Å². The second-order valence-electron chi connectivity index (χ2n) is 5.36. The number of ether oxygens (including phenoxy) is 1. The van der Waals surface area contributed by atoms with Crippen LogP contribution in [-0.4, -0.2) is 39.2 Å². The van der Waals surface area contributed by atoms with E-state index in [4.69, 9.17) is 4.74 Å². The fourth-order valence-electron chi connectivity index (χ4n) is 3.01. The lowest BCUT2D eigenvalue weighted by molar-refractivity contribution is -0.130. The van der Waals surface area contributed by atoms with Crippen LogP contribution < -0.4 is 0 Å². The zero-order valence-electron chi connectivity index (χ0n) is 12.0. The van der Waals surface area contributed by atoms with E-state index >= 15 is 0 Å². The average molecular weight is 276 g/mol. The van der Waals surface area contributed by atoms with Crippen molar-refractivity contribution in [2.45, 2.75) is 45.4 Å². The molecule has 3 rings (SSSR count). The van der Waals surface area contributed by atoms with Gasteiger partial charge in [-0.05, 0) is 26.2 Å². The third kappa shape index (κ3) is 2.14. The van der Waals surface area contributed by atoms with Gasteiger partial charge in [-0.1, -0.05) is 6.08 Å². The summed E-state index contributed by atoms with van der Waals surface area (Å²) in [6.45, 7) is 3.92. The highest BCUT2D eigenvalue weighted by Crippen LogP contribution is 2.28. The molecule has 6 heteroatoms. The minimum absolute atomic E-state index is 0.0316. The molecular weight excluding hydrogens is 256 g/mol. The van der Waals surface area contributed by atoms with Crippen LogP contribution in [0.25, 0.3) is 0 Å². The highest BCUT2D eigenvalue weighted by molar-refractivity contribution is 5.94. The minimum Gasteiger partial charge on any atom is -0.377 e. The molecule has 6 nitrogen and oxygen atoms in total. The average Bonchev–Trinajstić information content (AvgIpc) is 3.09. The van der Waals surface area contributed by atoms with Gasteiger partial charge in [-0.3, -0.25) is 4.79 Å². The predicted molar refractivity (Wildman–Crippen MR) is 72.8 cm³/mol. The van der Waals surface area contributed by atoms with Crippen LogP contribution in [0.15, 0.2) is 11.6 Å². The lowest BCUT2D eigenvalue weighted by Gasteiger charge is -2.34. The van der Waals surface area contributed by atoms with E-state index in [2.05, 4.69) is 20.8 Å². The van der Waals surface area contributed by atoms with Gasteiger partial charge >= 0.3 is 0 Å². The fraction of sp³-hybridized carbons (Fsp3) is 0.643. The maximum absolute atomic E-state index is 12.5. The summed E-state index contributed by atoms with van der Waals surface area (Å²) in [5, 5.41) is 8.40. The zero-order valence-corrected chi connectivity index (χ0v) is 12.0. The van der Waals surface area contributed by atoms with Crippen molar-refractivity contribution in [2.24, 2.45) is 0 Å². The highest BCUT2D eigenvalue weighted by Gasteiger charge is 2.32. The molecular formula is C14H20N4O2. The van der Waals surface area contributed by atoms with E-state index in [1.165, 1.54) is 0 Å². The molecule has 0 bridgehead atoms. The summed E-state index contributed by atoms with van der Waals surface area (Å²) < 4.78 is 7.20. The summed E-state index contributed by atoms with van der Waals surface area (Å²) in [5.41, 5.74) is 0.960. The Kier molecular flexibility index (Phi) is 3.56. The van der Waals surface area contributed by atoms with Gasteiger partial charge in [0.25, 0.3) is 0 Å². The van der Waals surface area contributed by atoms with Crippen LogP contribution >= 0.6 is 0 Å². The van der Waals surface area contributed by atoms with Crippen LogP contribution in [0, 0.1) is 0 Å². The molecule has 1 amide bonds. The van der Waals surface area contributed by atoms with Crippen molar-refractivity contribution in [1.29, 1.82) is 0 Å². The van der Waals surface area contributed by atoms with Crippen LogP contribution in [0.5, 0.6) is 0 Å². The molecule has 0 unspecified atom stereocenters. The van der Waals surface area contributed by atoms with Gasteiger partial charge in [0, 0.05) is 25.8 Å². The van der Waals surface area contributed by atoms with E-state index in [0.29, 0.717) is 13.2 Å². The Bertz CT molecular complexity index is 549. The zero-order chi connectivity index (χ0) is 14.1. The number of amides is 1. The first-order valence-electron chi connectivity index (χ1n) is 7.13. The number of methoxy groups -OCH3 is 1. The standard InChI is InChI=1S/C14H20N4O2/c1-10-13-16-15-12(9-20-2)18(13)8-7-17(10)14(19)11-5-3-4-6-11/h5,10H,3-4,6-9H2,1-2H3/t10-/m1/s1. The molecule has 2 aliphatic rings. The van der Waals surface area contributed by atoms with Gasteiger partial charge in [-0.25, -0.2) is 0 Å². The number of hydrogen-bond donors (Lipinski definition) is 0. The van der Waals surface area contributed by atoms with Gasteiger partial charge in [0.15, 0.2) is 11.6 Å². The fourth-order valence-corrected chi connectivity index (χ4v) is 3.01. The Morgan fingerprint density at radius 3 is 3.00 bits per heavy atom. The van der Waals surface area contributed by atoms with Gasteiger partial charge < -0.3 is 14.2 Å². The van der Waals surface area contributed by atoms with E-state index in [1.807, 2.05) is 11.8 Å². The first-order chi connectivity index (χ1) is 9.72. The number of carbonyl (C=O) groups excluding carboxylic acids is 1. The molecule has 1 aromatic rings. The van der Waals surface area contributed by atoms with Crippen LogP contribution in [0.3, 0.4) is 0 Å². The molecule has 0 aromatic carbocycles. The third-order valence-corrected chi connectivity index (χ3v) is 4.11. The lowest BCUT2D eigenvalue weighted by Crippen LogP contribution is -2.42. The molecule has 0 fully saturated rings. The monoisotopic (exact) mass is 276 g/mol. The number of nitrogens with zero attached hydrogens (tertiary/aromatic N) is 4. The summed E-state index contributed by atoms with van der Waals surface area (Å²) in [4.78, 5) is 14.4. The van der Waals surface area contributed by atoms with Crippen molar-refractivity contribution in [2.75, 3.05) is 13.7 Å². The van der Waals surface area contributed by atoms with Crippen molar-refractivity contribution in [3.05, 3.63) is 23.3 Å². The van der Waals surface area contributed by atoms with E-state index in [0.717, 1.165) is 43.0 Å². The first kappa shape index (κ1) is 13.3. The van der Waals surface area contributed by atoms with Crippen LogP contribution in [0.2, 0.25) is 0 Å². The maximum atomic E-state index is 12.5. The highest BCUT2D eigenvalue weighted by atomic mass is 16.5. The summed E-state index contributed by atoms with van der Waals surface area (Å²) in [5.74, 6) is 1.86. The van der Waals surface area contributed by atoms with E-state index in [1.54, 1.807) is 7.11 Å². The first-order valence-corrected chi connectivity index (χ1v) is 7.13. The van der Waals surface area contributed by atoms with Crippen LogP contribution in [0.4, 0.5) is 0 Å². The summed E-state index contributed by atoms with van der Waals surface area (Å²) in [6.07, 6.45) is 5.10. The molecule has 2 heterocycles. The van der Waals surface area contributed by atoms with Crippen molar-refractivity contribution in [1.82, 2.24) is 19.7 Å². The van der Waals surface area contributed by atoms with Gasteiger partial charge in [-0.15, -0.1) is 10.2 Å². The van der Waals surface area contributed by atoms with Gasteiger partial charge in [0.2, 0.25) is 5.91 Å². The van der Waals surface area contributed by atoms with Crippen LogP contribution in [-0.2, 0) is 22.7 Å². The number of aromatic nitrogens is 3.